The van der Waals surface area contributed by atoms with Crippen LogP contribution in [0, 0.1) is 0 Å². The minimum atomic E-state index is -0.908. The second-order valence-corrected chi connectivity index (χ2v) is 2.82. The molecule has 1 atom stereocenters. The van der Waals surface area contributed by atoms with Crippen LogP contribution >= 0.6 is 0 Å². The van der Waals surface area contributed by atoms with Crippen molar-refractivity contribution in [1.82, 2.24) is 10.8 Å². The zero-order valence-corrected chi connectivity index (χ0v) is 6.88. The van der Waals surface area contributed by atoms with E-state index < -0.39 is 5.97 Å². The predicted octanol–water partition coefficient (Wildman–Crippen LogP) is -0.656. The van der Waals surface area contributed by atoms with Gasteiger partial charge in [-0.25, -0.2) is 0 Å². The molecule has 3 N–H and O–H groups in total. The molecule has 0 saturated carbocycles. The van der Waals surface area contributed by atoms with Crippen LogP contribution in [-0.4, -0.2) is 36.8 Å². The highest BCUT2D eigenvalue weighted by atomic mass is 16.6. The van der Waals surface area contributed by atoms with Crippen LogP contribution in [0.1, 0.15) is 12.8 Å². The van der Waals surface area contributed by atoms with Crippen molar-refractivity contribution >= 4 is 5.97 Å². The zero-order valence-electron chi connectivity index (χ0n) is 6.88. The monoisotopic (exact) mass is 174 g/mol. The van der Waals surface area contributed by atoms with E-state index in [1.807, 2.05) is 0 Å². The number of hydrogen-bond acceptors (Lipinski definition) is 4. The summed E-state index contributed by atoms with van der Waals surface area (Å²) in [5.41, 5.74) is 2.37. The van der Waals surface area contributed by atoms with E-state index >= 15 is 0 Å². The maximum atomic E-state index is 10.0. The Bertz CT molecular complexity index is 146. The van der Waals surface area contributed by atoms with Crippen LogP contribution in [0.2, 0.25) is 0 Å². The summed E-state index contributed by atoms with van der Waals surface area (Å²) in [6, 6.07) is 0.381. The van der Waals surface area contributed by atoms with Gasteiger partial charge in [0.05, 0.1) is 6.61 Å². The van der Waals surface area contributed by atoms with Gasteiger partial charge in [0, 0.05) is 6.04 Å². The van der Waals surface area contributed by atoms with Gasteiger partial charge >= 0.3 is 5.97 Å². The highest BCUT2D eigenvalue weighted by Gasteiger charge is 2.13. The van der Waals surface area contributed by atoms with E-state index in [1.54, 1.807) is 0 Å². The fourth-order valence-corrected chi connectivity index (χ4v) is 1.17. The van der Waals surface area contributed by atoms with Crippen molar-refractivity contribution in [2.24, 2.45) is 0 Å². The van der Waals surface area contributed by atoms with Gasteiger partial charge in [0.1, 0.15) is 6.54 Å². The topological polar surface area (TPSA) is 70.6 Å². The van der Waals surface area contributed by atoms with Gasteiger partial charge in [0.25, 0.3) is 0 Å². The molecule has 0 spiro atoms. The number of carboxylic acids is 1. The second kappa shape index (κ2) is 5.08. The number of nitrogens with one attached hydrogen (secondary N) is 2. The zero-order chi connectivity index (χ0) is 8.81. The Hall–Kier alpha value is -0.650. The first kappa shape index (κ1) is 9.44. The summed E-state index contributed by atoms with van der Waals surface area (Å²) in [4.78, 5) is 15.0. The van der Waals surface area contributed by atoms with Gasteiger partial charge in [-0.05, 0) is 19.4 Å². The third-order valence-corrected chi connectivity index (χ3v) is 1.77. The average Bonchev–Trinajstić information content (AvgIpc) is 2.49. The van der Waals surface area contributed by atoms with E-state index in [9.17, 15) is 4.79 Å². The number of hydrogen-bond donors (Lipinski definition) is 3. The Labute approximate surface area is 71.0 Å². The van der Waals surface area contributed by atoms with E-state index in [2.05, 4.69) is 10.8 Å². The first-order valence-electron chi connectivity index (χ1n) is 4.09. The number of carboxylic acid groups (broad SMARTS) is 1. The lowest BCUT2D eigenvalue weighted by Gasteiger charge is -2.09. The molecule has 0 amide bonds. The highest BCUT2D eigenvalue weighted by Crippen LogP contribution is 2.03. The first-order chi connectivity index (χ1) is 5.79. The Morgan fingerprint density at radius 1 is 1.75 bits per heavy atom. The molecule has 1 fully saturated rings. The number of aliphatic carboxylic acids is 1. The molecular weight excluding hydrogens is 160 g/mol. The lowest BCUT2D eigenvalue weighted by Crippen LogP contribution is -2.32. The summed E-state index contributed by atoms with van der Waals surface area (Å²) in [5, 5.41) is 11.5. The summed E-state index contributed by atoms with van der Waals surface area (Å²) in [6.07, 6.45) is 2.28. The van der Waals surface area contributed by atoms with Crippen LogP contribution in [-0.2, 0) is 9.63 Å². The molecule has 5 nitrogen and oxygen atoms in total. The molecule has 70 valence electrons. The van der Waals surface area contributed by atoms with E-state index in [1.165, 1.54) is 6.42 Å². The van der Waals surface area contributed by atoms with Gasteiger partial charge in [0.15, 0.2) is 0 Å². The van der Waals surface area contributed by atoms with Crippen molar-refractivity contribution in [3.05, 3.63) is 0 Å². The molecule has 0 aromatic carbocycles. The number of carbonyl (C=O) groups is 1. The molecule has 5 heteroatoms. The molecule has 1 aliphatic rings. The molecule has 1 rings (SSSR count). The van der Waals surface area contributed by atoms with Crippen molar-refractivity contribution in [2.45, 2.75) is 18.9 Å². The summed E-state index contributed by atoms with van der Waals surface area (Å²) in [7, 11) is 0. The predicted molar refractivity (Wildman–Crippen MR) is 42.6 cm³/mol. The van der Waals surface area contributed by atoms with Crippen molar-refractivity contribution in [2.75, 3.05) is 19.7 Å². The van der Waals surface area contributed by atoms with Crippen LogP contribution < -0.4 is 10.8 Å². The SMILES string of the molecule is O=C(O)CNOC[C@@H]1CCCN1. The molecule has 0 aliphatic carbocycles. The average molecular weight is 174 g/mol. The summed E-state index contributed by atoms with van der Waals surface area (Å²) in [6.45, 7) is 1.42. The number of rotatable bonds is 5. The van der Waals surface area contributed by atoms with Crippen molar-refractivity contribution in [3.63, 3.8) is 0 Å². The third kappa shape index (κ3) is 3.66. The van der Waals surface area contributed by atoms with Gasteiger partial charge in [-0.15, -0.1) is 0 Å². The Morgan fingerprint density at radius 3 is 3.17 bits per heavy atom. The quantitative estimate of drug-likeness (QED) is 0.381. The lowest BCUT2D eigenvalue weighted by atomic mass is 10.2. The minimum Gasteiger partial charge on any atom is -0.480 e. The Balaban J connectivity index is 1.91. The normalized spacial score (nSPS) is 22.8. The van der Waals surface area contributed by atoms with Crippen LogP contribution in [0.3, 0.4) is 0 Å². The number of hydroxylamine groups is 1. The highest BCUT2D eigenvalue weighted by molar-refractivity contribution is 5.68. The second-order valence-electron chi connectivity index (χ2n) is 2.82. The lowest BCUT2D eigenvalue weighted by molar-refractivity contribution is -0.138. The van der Waals surface area contributed by atoms with Crippen LogP contribution in [0.25, 0.3) is 0 Å². The first-order valence-corrected chi connectivity index (χ1v) is 4.09. The summed E-state index contributed by atoms with van der Waals surface area (Å²) >= 11 is 0. The van der Waals surface area contributed by atoms with E-state index in [-0.39, 0.29) is 6.54 Å². The summed E-state index contributed by atoms with van der Waals surface area (Å²) < 4.78 is 0. The van der Waals surface area contributed by atoms with Crippen molar-refractivity contribution < 1.29 is 14.7 Å². The fourth-order valence-electron chi connectivity index (χ4n) is 1.17. The molecule has 0 aromatic heterocycles. The third-order valence-electron chi connectivity index (χ3n) is 1.77. The summed E-state index contributed by atoms with van der Waals surface area (Å²) in [5.74, 6) is -0.908. The maximum absolute atomic E-state index is 10.0. The van der Waals surface area contributed by atoms with Gasteiger partial charge in [-0.1, -0.05) is 0 Å². The van der Waals surface area contributed by atoms with Crippen LogP contribution in [0.15, 0.2) is 0 Å². The van der Waals surface area contributed by atoms with Gasteiger partial charge in [-0.3, -0.25) is 9.63 Å². The molecule has 1 heterocycles. The molecule has 1 saturated heterocycles. The van der Waals surface area contributed by atoms with E-state index in [0.29, 0.717) is 12.6 Å². The Morgan fingerprint density at radius 2 is 2.58 bits per heavy atom. The fraction of sp³-hybridized carbons (Fsp3) is 0.857. The van der Waals surface area contributed by atoms with Gasteiger partial charge in [0.2, 0.25) is 0 Å². The van der Waals surface area contributed by atoms with Crippen LogP contribution in [0.4, 0.5) is 0 Å². The molecule has 0 radical (unpaired) electrons. The molecule has 12 heavy (non-hydrogen) atoms. The standard InChI is InChI=1S/C7H14N2O3/c10-7(11)4-9-12-5-6-2-1-3-8-6/h6,8-9H,1-5H2,(H,10,11)/t6-/m0/s1. The van der Waals surface area contributed by atoms with Gasteiger partial charge in [-0.2, -0.15) is 5.48 Å². The smallest absolute Gasteiger partial charge is 0.319 e. The van der Waals surface area contributed by atoms with Crippen molar-refractivity contribution in [3.8, 4) is 0 Å². The molecule has 1 aliphatic heterocycles. The molecular formula is C7H14N2O3. The van der Waals surface area contributed by atoms with Gasteiger partial charge < -0.3 is 10.4 Å². The van der Waals surface area contributed by atoms with Crippen molar-refractivity contribution in [1.29, 1.82) is 0 Å². The molecule has 0 aromatic rings. The maximum Gasteiger partial charge on any atom is 0.319 e. The Kier molecular flexibility index (Phi) is 3.99. The van der Waals surface area contributed by atoms with E-state index in [4.69, 9.17) is 9.94 Å². The molecule has 0 unspecified atom stereocenters. The van der Waals surface area contributed by atoms with E-state index in [0.717, 1.165) is 13.0 Å². The largest absolute Gasteiger partial charge is 0.480 e. The minimum absolute atomic E-state index is 0.146. The molecule has 0 bridgehead atoms. The van der Waals surface area contributed by atoms with Crippen LogP contribution in [0.5, 0.6) is 0 Å².